The summed E-state index contributed by atoms with van der Waals surface area (Å²) < 4.78 is 0. The third-order valence-corrected chi connectivity index (χ3v) is 11.3. The van der Waals surface area contributed by atoms with Crippen LogP contribution in [0.3, 0.4) is 0 Å². The van der Waals surface area contributed by atoms with Crippen LogP contribution < -0.4 is 0 Å². The average Bonchev–Trinajstić information content (AvgIpc) is 2.96. The van der Waals surface area contributed by atoms with Gasteiger partial charge in [0.05, 0.1) is 0 Å². The Labute approximate surface area is 232 Å². The average molecular weight is 507 g/mol. The molecule has 0 aromatic heterocycles. The quantitative estimate of drug-likeness (QED) is 0.220. The first-order valence-corrected chi connectivity index (χ1v) is 17.3. The third-order valence-electron chi connectivity index (χ3n) is 11.3. The lowest BCUT2D eigenvalue weighted by molar-refractivity contribution is 0.140. The molecule has 0 spiro atoms. The highest BCUT2D eigenvalue weighted by molar-refractivity contribution is 5.26. The van der Waals surface area contributed by atoms with Crippen molar-refractivity contribution < 1.29 is 0 Å². The molecule has 3 saturated carbocycles. The number of hydrogen-bond acceptors (Lipinski definition) is 0. The topological polar surface area (TPSA) is 0 Å². The second-order valence-corrected chi connectivity index (χ2v) is 13.9. The second-order valence-electron chi connectivity index (χ2n) is 13.9. The summed E-state index contributed by atoms with van der Waals surface area (Å²) in [6.45, 7) is 4.66. The molecule has 0 bridgehead atoms. The maximum absolute atomic E-state index is 2.49. The van der Waals surface area contributed by atoms with Crippen LogP contribution in [0.4, 0.5) is 0 Å². The Bertz CT molecular complexity index is 692. The summed E-state index contributed by atoms with van der Waals surface area (Å²) in [5.41, 5.74) is 3.22. The summed E-state index contributed by atoms with van der Waals surface area (Å²) >= 11 is 0. The van der Waals surface area contributed by atoms with E-state index in [9.17, 15) is 0 Å². The van der Waals surface area contributed by atoms with E-state index in [-0.39, 0.29) is 0 Å². The van der Waals surface area contributed by atoms with E-state index in [4.69, 9.17) is 0 Å². The van der Waals surface area contributed by atoms with Crippen LogP contribution >= 0.6 is 0 Å². The van der Waals surface area contributed by atoms with Crippen LogP contribution in [-0.4, -0.2) is 0 Å². The molecule has 4 rings (SSSR count). The van der Waals surface area contributed by atoms with Gasteiger partial charge in [0.2, 0.25) is 0 Å². The number of unbranched alkanes of at least 4 members (excludes halogenated alkanes) is 5. The van der Waals surface area contributed by atoms with Crippen molar-refractivity contribution >= 4 is 0 Å². The van der Waals surface area contributed by atoms with E-state index >= 15 is 0 Å². The zero-order chi connectivity index (χ0) is 25.7. The number of hydrogen-bond donors (Lipinski definition) is 0. The molecule has 210 valence electrons. The van der Waals surface area contributed by atoms with E-state index in [1.807, 2.05) is 0 Å². The molecule has 1 aromatic carbocycles. The molecule has 0 aliphatic heterocycles. The molecular weight excluding hydrogens is 444 g/mol. The van der Waals surface area contributed by atoms with E-state index in [1.165, 1.54) is 122 Å². The van der Waals surface area contributed by atoms with Crippen LogP contribution in [0.2, 0.25) is 0 Å². The van der Waals surface area contributed by atoms with Crippen molar-refractivity contribution in [2.24, 2.45) is 29.6 Å². The summed E-state index contributed by atoms with van der Waals surface area (Å²) in [5.74, 6) is 6.06. The lowest BCUT2D eigenvalue weighted by Crippen LogP contribution is -2.26. The van der Waals surface area contributed by atoms with Gasteiger partial charge in [-0.15, -0.1) is 0 Å². The van der Waals surface area contributed by atoms with Crippen LogP contribution in [0.1, 0.15) is 172 Å². The molecule has 0 saturated heterocycles. The molecule has 0 amide bonds. The Morgan fingerprint density at radius 1 is 0.486 bits per heavy atom. The molecule has 0 nitrogen and oxygen atoms in total. The van der Waals surface area contributed by atoms with Gasteiger partial charge in [0, 0.05) is 0 Å². The Hall–Kier alpha value is -0.780. The summed E-state index contributed by atoms with van der Waals surface area (Å²) in [5, 5.41) is 0. The SMILES string of the molecule is CCCCCCC[C@H]1CC[C@H]([C@H]2CC[C@H](CCc3ccc([C@H]4CC[C@H](CCCC)CC4)cc3)CC2)CC1. The van der Waals surface area contributed by atoms with Crippen molar-refractivity contribution in [3.8, 4) is 0 Å². The first-order chi connectivity index (χ1) is 18.2. The molecule has 0 radical (unpaired) electrons. The molecule has 0 N–H and O–H groups in total. The van der Waals surface area contributed by atoms with Crippen LogP contribution in [-0.2, 0) is 6.42 Å². The third kappa shape index (κ3) is 9.72. The fourth-order valence-corrected chi connectivity index (χ4v) is 8.54. The fourth-order valence-electron chi connectivity index (χ4n) is 8.54. The molecule has 3 aliphatic carbocycles. The minimum absolute atomic E-state index is 0.836. The van der Waals surface area contributed by atoms with Gasteiger partial charge >= 0.3 is 0 Å². The lowest BCUT2D eigenvalue weighted by atomic mass is 9.68. The summed E-state index contributed by atoms with van der Waals surface area (Å²) in [6.07, 6.45) is 33.9. The van der Waals surface area contributed by atoms with Gasteiger partial charge in [-0.2, -0.15) is 0 Å². The summed E-state index contributed by atoms with van der Waals surface area (Å²) in [4.78, 5) is 0. The van der Waals surface area contributed by atoms with Gasteiger partial charge in [-0.1, -0.05) is 122 Å². The molecule has 0 heteroatoms. The van der Waals surface area contributed by atoms with Gasteiger partial charge in [0.1, 0.15) is 0 Å². The normalized spacial score (nSPS) is 30.9. The van der Waals surface area contributed by atoms with Crippen molar-refractivity contribution in [2.75, 3.05) is 0 Å². The highest BCUT2D eigenvalue weighted by Gasteiger charge is 2.30. The van der Waals surface area contributed by atoms with Crippen molar-refractivity contribution in [1.82, 2.24) is 0 Å². The van der Waals surface area contributed by atoms with E-state index in [0.29, 0.717) is 0 Å². The number of rotatable bonds is 14. The maximum Gasteiger partial charge on any atom is -0.0162 e. The Balaban J connectivity index is 1.08. The summed E-state index contributed by atoms with van der Waals surface area (Å²) in [7, 11) is 0. The largest absolute Gasteiger partial charge is 0.0654 e. The van der Waals surface area contributed by atoms with Gasteiger partial charge in [-0.3, -0.25) is 0 Å². The maximum atomic E-state index is 2.49. The Kier molecular flexibility index (Phi) is 12.9. The molecule has 1 aromatic rings. The van der Waals surface area contributed by atoms with Crippen molar-refractivity contribution in [3.63, 3.8) is 0 Å². The second kappa shape index (κ2) is 16.4. The fraction of sp³-hybridized carbons (Fsp3) is 0.838. The minimum Gasteiger partial charge on any atom is -0.0654 e. The minimum atomic E-state index is 0.836. The number of aryl methyl sites for hydroxylation is 1. The van der Waals surface area contributed by atoms with E-state index < -0.39 is 0 Å². The van der Waals surface area contributed by atoms with E-state index in [1.54, 1.807) is 36.8 Å². The monoisotopic (exact) mass is 506 g/mol. The van der Waals surface area contributed by atoms with Gasteiger partial charge in [-0.05, 0) is 111 Å². The van der Waals surface area contributed by atoms with Crippen molar-refractivity contribution in [3.05, 3.63) is 35.4 Å². The van der Waals surface area contributed by atoms with Gasteiger partial charge in [0.25, 0.3) is 0 Å². The predicted molar refractivity (Wildman–Crippen MR) is 163 cm³/mol. The van der Waals surface area contributed by atoms with Crippen LogP contribution in [0, 0.1) is 29.6 Å². The molecule has 0 heterocycles. The van der Waals surface area contributed by atoms with E-state index in [2.05, 4.69) is 38.1 Å². The van der Waals surface area contributed by atoms with Gasteiger partial charge < -0.3 is 0 Å². The van der Waals surface area contributed by atoms with Crippen LogP contribution in [0.25, 0.3) is 0 Å². The number of benzene rings is 1. The molecule has 3 fully saturated rings. The smallest absolute Gasteiger partial charge is 0.0162 e. The molecular formula is C37H62. The molecule has 37 heavy (non-hydrogen) atoms. The highest BCUT2D eigenvalue weighted by Crippen LogP contribution is 2.43. The van der Waals surface area contributed by atoms with Crippen molar-refractivity contribution in [2.45, 2.75) is 167 Å². The lowest BCUT2D eigenvalue weighted by Gasteiger charge is -2.38. The zero-order valence-corrected chi connectivity index (χ0v) is 25.0. The van der Waals surface area contributed by atoms with Crippen LogP contribution in [0.15, 0.2) is 24.3 Å². The Morgan fingerprint density at radius 2 is 0.973 bits per heavy atom. The molecule has 0 unspecified atom stereocenters. The van der Waals surface area contributed by atoms with Crippen molar-refractivity contribution in [1.29, 1.82) is 0 Å². The van der Waals surface area contributed by atoms with Gasteiger partial charge in [0.15, 0.2) is 0 Å². The highest BCUT2D eigenvalue weighted by atomic mass is 14.4. The van der Waals surface area contributed by atoms with Crippen LogP contribution in [0.5, 0.6) is 0 Å². The predicted octanol–water partition coefficient (Wildman–Crippen LogP) is 12.1. The van der Waals surface area contributed by atoms with Gasteiger partial charge in [-0.25, -0.2) is 0 Å². The standard InChI is InChI=1S/C37H62/c1-3-5-7-8-9-11-31-16-24-35(25-17-31)37-28-20-33(21-29-37)13-12-32-18-26-36(27-19-32)34-22-14-30(15-23-34)10-6-4-2/h18-19,26-27,30-31,33-35,37H,3-17,20-25,28-29H2,1-2H3/t30-,31-,33-,34-,35-,37-. The first-order valence-electron chi connectivity index (χ1n) is 17.3. The molecule has 0 atom stereocenters. The first kappa shape index (κ1) is 29.2. The Morgan fingerprint density at radius 3 is 1.54 bits per heavy atom. The molecule has 3 aliphatic rings. The van der Waals surface area contributed by atoms with E-state index in [0.717, 1.165) is 35.5 Å². The zero-order valence-electron chi connectivity index (χ0n) is 25.0. The summed E-state index contributed by atoms with van der Waals surface area (Å²) in [6, 6.07) is 9.94.